The van der Waals surface area contributed by atoms with E-state index in [1.807, 2.05) is 30.3 Å². The molecule has 0 bridgehead atoms. The molecule has 0 aromatic heterocycles. The van der Waals surface area contributed by atoms with Crippen LogP contribution in [-0.2, 0) is 15.1 Å². The Morgan fingerprint density at radius 2 is 1.83 bits per heavy atom. The Labute approximate surface area is 169 Å². The molecule has 0 radical (unpaired) electrons. The summed E-state index contributed by atoms with van der Waals surface area (Å²) in [7, 11) is 0. The number of imide groups is 1. The van der Waals surface area contributed by atoms with Gasteiger partial charge in [0.2, 0.25) is 5.91 Å². The average Bonchev–Trinajstić information content (AvgIpc) is 2.92. The van der Waals surface area contributed by atoms with Gasteiger partial charge in [0, 0.05) is 0 Å². The average molecular weight is 390 g/mol. The van der Waals surface area contributed by atoms with E-state index in [0.29, 0.717) is 22.7 Å². The van der Waals surface area contributed by atoms with Crippen molar-refractivity contribution in [2.45, 2.75) is 32.2 Å². The zero-order chi connectivity index (χ0) is 21.2. The van der Waals surface area contributed by atoms with Crippen LogP contribution in [0.1, 0.15) is 43.4 Å². The van der Waals surface area contributed by atoms with Crippen molar-refractivity contribution in [2.75, 3.05) is 11.9 Å². The predicted molar refractivity (Wildman–Crippen MR) is 108 cm³/mol. The molecular formula is C22H22N4O3. The largest absolute Gasteiger partial charge is 0.325 e. The Morgan fingerprint density at radius 3 is 2.45 bits per heavy atom. The quantitative estimate of drug-likeness (QED) is 0.766. The van der Waals surface area contributed by atoms with Crippen LogP contribution in [0.2, 0.25) is 0 Å². The zero-order valence-corrected chi connectivity index (χ0v) is 16.5. The molecule has 148 valence electrons. The van der Waals surface area contributed by atoms with Gasteiger partial charge in [-0.2, -0.15) is 5.26 Å². The molecule has 7 heteroatoms. The van der Waals surface area contributed by atoms with Gasteiger partial charge in [0.25, 0.3) is 5.91 Å². The molecule has 2 aromatic carbocycles. The lowest BCUT2D eigenvalue weighted by molar-refractivity contribution is -0.133. The van der Waals surface area contributed by atoms with Crippen molar-refractivity contribution in [3.63, 3.8) is 0 Å². The number of hydrogen-bond donors (Lipinski definition) is 2. The SMILES string of the molecule is CC(C)c1ccc([C@@]2(C)NC(=O)N(CC(=O)Nc3ccccc3C#N)C2=O)cc1. The maximum absolute atomic E-state index is 13.0. The number of nitrogens with zero attached hydrogens (tertiary/aromatic N) is 2. The number of carbonyl (C=O) groups excluding carboxylic acids is 3. The van der Waals surface area contributed by atoms with Gasteiger partial charge in [0.05, 0.1) is 11.3 Å². The van der Waals surface area contributed by atoms with Crippen molar-refractivity contribution in [3.05, 3.63) is 65.2 Å². The van der Waals surface area contributed by atoms with Gasteiger partial charge in [-0.3, -0.25) is 14.5 Å². The summed E-state index contributed by atoms with van der Waals surface area (Å²) in [5.41, 5.74) is 1.17. The number of nitriles is 1. The first-order valence-corrected chi connectivity index (χ1v) is 9.30. The Balaban J connectivity index is 1.76. The Morgan fingerprint density at radius 1 is 1.17 bits per heavy atom. The van der Waals surface area contributed by atoms with Gasteiger partial charge in [0.15, 0.2) is 0 Å². The molecule has 2 N–H and O–H groups in total. The molecule has 0 unspecified atom stereocenters. The fourth-order valence-corrected chi connectivity index (χ4v) is 3.26. The summed E-state index contributed by atoms with van der Waals surface area (Å²) in [6, 6.07) is 15.4. The van der Waals surface area contributed by atoms with E-state index < -0.39 is 29.9 Å². The minimum absolute atomic E-state index is 0.299. The molecule has 0 saturated carbocycles. The molecule has 1 aliphatic heterocycles. The van der Waals surface area contributed by atoms with E-state index in [1.165, 1.54) is 0 Å². The summed E-state index contributed by atoms with van der Waals surface area (Å²) in [5.74, 6) is -0.707. The fourth-order valence-electron chi connectivity index (χ4n) is 3.26. The number of nitrogens with one attached hydrogen (secondary N) is 2. The summed E-state index contributed by atoms with van der Waals surface area (Å²) in [6.07, 6.45) is 0. The van der Waals surface area contributed by atoms with E-state index in [4.69, 9.17) is 5.26 Å². The van der Waals surface area contributed by atoms with Gasteiger partial charge >= 0.3 is 6.03 Å². The van der Waals surface area contributed by atoms with Crippen LogP contribution in [0.5, 0.6) is 0 Å². The second-order valence-electron chi connectivity index (χ2n) is 7.43. The summed E-state index contributed by atoms with van der Waals surface area (Å²) < 4.78 is 0. The zero-order valence-electron chi connectivity index (χ0n) is 16.5. The van der Waals surface area contributed by atoms with E-state index in [0.717, 1.165) is 10.5 Å². The smallest absolute Gasteiger partial charge is 0.323 e. The molecule has 1 atom stereocenters. The molecule has 2 aromatic rings. The van der Waals surface area contributed by atoms with Crippen molar-refractivity contribution >= 4 is 23.5 Å². The van der Waals surface area contributed by atoms with Crippen molar-refractivity contribution < 1.29 is 14.4 Å². The van der Waals surface area contributed by atoms with E-state index in [1.54, 1.807) is 31.2 Å². The number of para-hydroxylation sites is 1. The normalized spacial score (nSPS) is 18.5. The van der Waals surface area contributed by atoms with E-state index >= 15 is 0 Å². The van der Waals surface area contributed by atoms with E-state index in [9.17, 15) is 14.4 Å². The highest BCUT2D eigenvalue weighted by Gasteiger charge is 2.49. The van der Waals surface area contributed by atoms with Gasteiger partial charge in [0.1, 0.15) is 18.2 Å². The number of carbonyl (C=O) groups is 3. The highest BCUT2D eigenvalue weighted by molar-refractivity contribution is 6.10. The van der Waals surface area contributed by atoms with Gasteiger partial charge < -0.3 is 10.6 Å². The van der Waals surface area contributed by atoms with Crippen LogP contribution in [0, 0.1) is 11.3 Å². The topological polar surface area (TPSA) is 102 Å². The molecule has 3 rings (SSSR count). The summed E-state index contributed by atoms with van der Waals surface area (Å²) in [4.78, 5) is 38.7. The molecule has 1 saturated heterocycles. The molecule has 4 amide bonds. The summed E-state index contributed by atoms with van der Waals surface area (Å²) >= 11 is 0. The molecule has 29 heavy (non-hydrogen) atoms. The van der Waals surface area contributed by atoms with Crippen LogP contribution in [0.4, 0.5) is 10.5 Å². The number of rotatable bonds is 5. The van der Waals surface area contributed by atoms with Crippen LogP contribution in [0.25, 0.3) is 0 Å². The molecule has 1 aliphatic rings. The number of urea groups is 1. The molecule has 1 fully saturated rings. The number of amides is 4. The van der Waals surface area contributed by atoms with Crippen molar-refractivity contribution in [1.82, 2.24) is 10.2 Å². The first-order chi connectivity index (χ1) is 13.8. The molecule has 0 aliphatic carbocycles. The molecule has 0 spiro atoms. The maximum atomic E-state index is 13.0. The third-order valence-corrected chi connectivity index (χ3v) is 5.05. The van der Waals surface area contributed by atoms with Crippen molar-refractivity contribution in [1.29, 1.82) is 5.26 Å². The highest BCUT2D eigenvalue weighted by Crippen LogP contribution is 2.30. The van der Waals surface area contributed by atoms with Crippen LogP contribution in [0.15, 0.2) is 48.5 Å². The monoisotopic (exact) mass is 390 g/mol. The first-order valence-electron chi connectivity index (χ1n) is 9.30. The van der Waals surface area contributed by atoms with Crippen LogP contribution in [-0.4, -0.2) is 29.3 Å². The van der Waals surface area contributed by atoms with Gasteiger partial charge in [-0.1, -0.05) is 50.2 Å². The van der Waals surface area contributed by atoms with E-state index in [-0.39, 0.29) is 0 Å². The number of benzene rings is 2. The van der Waals surface area contributed by atoms with Crippen molar-refractivity contribution in [2.24, 2.45) is 0 Å². The lowest BCUT2D eigenvalue weighted by Crippen LogP contribution is -2.42. The van der Waals surface area contributed by atoms with Crippen LogP contribution < -0.4 is 10.6 Å². The molecule has 1 heterocycles. The highest BCUT2D eigenvalue weighted by atomic mass is 16.2. The lowest BCUT2D eigenvalue weighted by Gasteiger charge is -2.22. The van der Waals surface area contributed by atoms with E-state index in [2.05, 4.69) is 24.5 Å². The predicted octanol–water partition coefficient (Wildman–Crippen LogP) is 3.09. The third kappa shape index (κ3) is 3.83. The lowest BCUT2D eigenvalue weighted by atomic mass is 9.90. The van der Waals surface area contributed by atoms with Crippen LogP contribution in [0.3, 0.4) is 0 Å². The second-order valence-corrected chi connectivity index (χ2v) is 7.43. The third-order valence-electron chi connectivity index (χ3n) is 5.05. The molecule has 7 nitrogen and oxygen atoms in total. The summed E-state index contributed by atoms with van der Waals surface area (Å²) in [6.45, 7) is 5.33. The van der Waals surface area contributed by atoms with Gasteiger partial charge in [-0.05, 0) is 36.1 Å². The summed E-state index contributed by atoms with van der Waals surface area (Å²) in [5, 5.41) is 14.4. The second kappa shape index (κ2) is 7.76. The standard InChI is InChI=1S/C22H22N4O3/c1-14(2)15-8-10-17(11-9-15)22(3)20(28)26(21(29)25-22)13-19(27)24-18-7-5-4-6-16(18)12-23/h4-11,14H,13H2,1-3H3,(H,24,27)(H,25,29)/t22-/m1/s1. The van der Waals surface area contributed by atoms with Crippen molar-refractivity contribution in [3.8, 4) is 6.07 Å². The molecular weight excluding hydrogens is 368 g/mol. The minimum atomic E-state index is -1.24. The Kier molecular flexibility index (Phi) is 5.37. The number of hydrogen-bond acceptors (Lipinski definition) is 4. The van der Waals surface area contributed by atoms with Crippen LogP contribution >= 0.6 is 0 Å². The minimum Gasteiger partial charge on any atom is -0.323 e. The van der Waals surface area contributed by atoms with Gasteiger partial charge in [-0.25, -0.2) is 4.79 Å². The number of anilines is 1. The Bertz CT molecular complexity index is 1010. The fraction of sp³-hybridized carbons (Fsp3) is 0.273. The Hall–Kier alpha value is -3.66. The van der Waals surface area contributed by atoms with Gasteiger partial charge in [-0.15, -0.1) is 0 Å². The maximum Gasteiger partial charge on any atom is 0.325 e. The first kappa shape index (κ1) is 20.1.